The van der Waals surface area contributed by atoms with Crippen LogP contribution in [0.1, 0.15) is 78.5 Å². The summed E-state index contributed by atoms with van der Waals surface area (Å²) in [4.78, 5) is 0. The molecule has 0 radical (unpaired) electrons. The van der Waals surface area contributed by atoms with Crippen molar-refractivity contribution in [2.75, 3.05) is 0 Å². The number of hydrogen-bond donors (Lipinski definition) is 0. The van der Waals surface area contributed by atoms with Crippen LogP contribution in [0, 0.1) is 0 Å². The molecule has 0 unspecified atom stereocenters. The molecular weight excluding hydrogens is 798 g/mol. The Morgan fingerprint density at radius 2 is 0.962 bits per heavy atom. The van der Waals surface area contributed by atoms with Crippen molar-refractivity contribution in [3.8, 4) is 11.1 Å². The minimum atomic E-state index is -5.77. The number of benzene rings is 6. The van der Waals surface area contributed by atoms with Crippen molar-refractivity contribution in [3.05, 3.63) is 177 Å². The Kier molecular flexibility index (Phi) is 8.81. The summed E-state index contributed by atoms with van der Waals surface area (Å²) >= 11 is 8.37. The Bertz CT molecular complexity index is 2420. The van der Waals surface area contributed by atoms with Gasteiger partial charge in [-0.1, -0.05) is 0 Å². The third-order valence-electron chi connectivity index (χ3n) is 11.3. The van der Waals surface area contributed by atoms with Gasteiger partial charge in [-0.3, -0.25) is 0 Å². The normalized spacial score (nSPS) is 15.1. The molecule has 0 spiro atoms. The van der Waals surface area contributed by atoms with Gasteiger partial charge in [0.05, 0.1) is 0 Å². The Morgan fingerprint density at radius 1 is 0.538 bits per heavy atom. The van der Waals surface area contributed by atoms with Gasteiger partial charge in [0.2, 0.25) is 0 Å². The van der Waals surface area contributed by atoms with E-state index in [0.717, 1.165) is 35.9 Å². The van der Waals surface area contributed by atoms with E-state index < -0.39 is 15.9 Å². The summed E-state index contributed by atoms with van der Waals surface area (Å²) in [6, 6.07) is 39.0. The number of fused-ring (bicyclic) bond motifs is 5. The molecule has 6 aromatic rings. The van der Waals surface area contributed by atoms with E-state index in [0.29, 0.717) is 10.0 Å². The minimum absolute atomic E-state index is 0.0392. The molecule has 5 heteroatoms. The molecule has 2 aliphatic carbocycles. The van der Waals surface area contributed by atoms with E-state index in [1.807, 2.05) is 12.1 Å². The number of hydrogen-bond acceptors (Lipinski definition) is 0. The van der Waals surface area contributed by atoms with Crippen molar-refractivity contribution in [3.63, 3.8) is 0 Å². The summed E-state index contributed by atoms with van der Waals surface area (Å²) in [7, 11) is 18.0. The molecule has 0 saturated heterocycles. The van der Waals surface area contributed by atoms with Crippen LogP contribution in [-0.4, -0.2) is 3.21 Å². The van der Waals surface area contributed by atoms with E-state index in [1.165, 1.54) is 33.4 Å². The second-order valence-electron chi connectivity index (χ2n) is 16.7. The van der Waals surface area contributed by atoms with Gasteiger partial charge in [0.25, 0.3) is 0 Å². The van der Waals surface area contributed by atoms with E-state index in [1.54, 1.807) is 0 Å². The van der Waals surface area contributed by atoms with Crippen LogP contribution in [0.2, 0.25) is 13.7 Å². The van der Waals surface area contributed by atoms with Crippen LogP contribution in [0.4, 0.5) is 0 Å². The van der Waals surface area contributed by atoms with Gasteiger partial charge in [0, 0.05) is 0 Å². The fraction of sp³-hybridized carbons (Fsp3) is 0.213. The summed E-state index contributed by atoms with van der Waals surface area (Å²) in [6.45, 7) is 13.6. The number of rotatable bonds is 4. The Labute approximate surface area is 325 Å². The fourth-order valence-electron chi connectivity index (χ4n) is 8.66. The van der Waals surface area contributed by atoms with Crippen molar-refractivity contribution >= 4 is 65.0 Å². The summed E-state index contributed by atoms with van der Waals surface area (Å²) in [5, 5.41) is 5.46. The van der Waals surface area contributed by atoms with Crippen molar-refractivity contribution in [2.45, 2.75) is 59.6 Å². The molecule has 0 saturated carbocycles. The van der Waals surface area contributed by atoms with E-state index >= 15 is 0 Å². The van der Waals surface area contributed by atoms with Crippen LogP contribution in [0.5, 0.6) is 0 Å². The predicted molar refractivity (Wildman–Crippen MR) is 226 cm³/mol. The first kappa shape index (κ1) is 36.2. The molecule has 0 atom stereocenters. The number of allylic oxidation sites excluding steroid dienone is 4. The summed E-state index contributed by atoms with van der Waals surface area (Å²) in [5.74, 6) is 0. The summed E-state index contributed by atoms with van der Waals surface area (Å²) < 4.78 is 0.483. The van der Waals surface area contributed by atoms with E-state index in [2.05, 4.69) is 163 Å². The first-order valence-electron chi connectivity index (χ1n) is 18.0. The molecule has 0 fully saturated rings. The molecule has 0 bridgehead atoms. The summed E-state index contributed by atoms with van der Waals surface area (Å²) in [6.07, 6.45) is 8.67. The average molecular weight is 840 g/mol. The summed E-state index contributed by atoms with van der Waals surface area (Å²) in [5.41, 5.74) is 9.23. The SMILES string of the molecule is CC(C)(C)c1ccc2c(c1)-c1cc(C(C)(C)C)ccc1[CH]2[Zr]([Cl])([Cl])(=[C](c1cc(Cl)cc2ccccc12)c1cc(Cl)cc2ccccc12)[CH]1C=CC=C1. The zero-order valence-electron chi connectivity index (χ0n) is 30.4. The van der Waals surface area contributed by atoms with E-state index in [4.69, 9.17) is 40.2 Å². The first-order chi connectivity index (χ1) is 24.5. The van der Waals surface area contributed by atoms with Crippen molar-refractivity contribution in [1.82, 2.24) is 0 Å². The molecule has 6 aromatic carbocycles. The quantitative estimate of drug-likeness (QED) is 0.166. The van der Waals surface area contributed by atoms with Crippen LogP contribution < -0.4 is 0 Å². The zero-order chi connectivity index (χ0) is 36.8. The molecular formula is C47H42Cl4Zr. The van der Waals surface area contributed by atoms with Gasteiger partial charge in [-0.2, -0.15) is 0 Å². The molecule has 0 nitrogen and oxygen atoms in total. The second-order valence-corrected chi connectivity index (χ2v) is 38.3. The number of halogens is 4. The van der Waals surface area contributed by atoms with Crippen LogP contribution >= 0.6 is 40.2 Å². The van der Waals surface area contributed by atoms with Gasteiger partial charge < -0.3 is 0 Å². The third-order valence-corrected chi connectivity index (χ3v) is 31.3. The van der Waals surface area contributed by atoms with Gasteiger partial charge in [-0.05, 0) is 0 Å². The van der Waals surface area contributed by atoms with E-state index in [-0.39, 0.29) is 18.1 Å². The van der Waals surface area contributed by atoms with Gasteiger partial charge in [-0.25, -0.2) is 0 Å². The van der Waals surface area contributed by atoms with Crippen LogP contribution in [0.3, 0.4) is 0 Å². The average Bonchev–Trinajstić information content (AvgIpc) is 3.75. The standard InChI is InChI=1S/C21H12Cl2.C21H25.C5H5.2ClH.Zr/c22-18-10-14-5-1-3-7-20(14)16(12-18)9-17-13-19(23)11-15-6-2-4-8-21(15)17;1-20(2,3)16-9-7-14-11-15-8-10-17(21(4,5)6)13-19(15)18(14)12-16;1-2-4-5-3-1;;;/h1-8,10-13H;7-13H,1-6H3;1-5H;2*1H;/q;;;;;+2/p-2. The molecule has 0 aliphatic heterocycles. The Hall–Kier alpha value is -2.77. The van der Waals surface area contributed by atoms with Crippen molar-refractivity contribution < 1.29 is 15.9 Å². The third kappa shape index (κ3) is 5.77. The molecule has 262 valence electrons. The molecule has 2 aliphatic rings. The fourth-order valence-corrected chi connectivity index (χ4v) is 28.4. The van der Waals surface area contributed by atoms with Gasteiger partial charge in [0.1, 0.15) is 0 Å². The van der Waals surface area contributed by atoms with E-state index in [9.17, 15) is 0 Å². The van der Waals surface area contributed by atoms with Crippen LogP contribution in [-0.2, 0) is 26.7 Å². The van der Waals surface area contributed by atoms with Gasteiger partial charge in [0.15, 0.2) is 0 Å². The molecule has 0 N–H and O–H groups in total. The van der Waals surface area contributed by atoms with Crippen LogP contribution in [0.25, 0.3) is 32.7 Å². The predicted octanol–water partition coefficient (Wildman–Crippen LogP) is 15.1. The molecule has 0 amide bonds. The second kappa shape index (κ2) is 12.6. The van der Waals surface area contributed by atoms with Gasteiger partial charge in [-0.15, -0.1) is 0 Å². The Morgan fingerprint density at radius 3 is 1.38 bits per heavy atom. The Balaban J connectivity index is 1.64. The van der Waals surface area contributed by atoms with Crippen molar-refractivity contribution in [1.29, 1.82) is 0 Å². The molecule has 8 rings (SSSR count). The molecule has 52 heavy (non-hydrogen) atoms. The zero-order valence-corrected chi connectivity index (χ0v) is 35.9. The monoisotopic (exact) mass is 836 g/mol. The van der Waals surface area contributed by atoms with Gasteiger partial charge >= 0.3 is 329 Å². The molecule has 0 heterocycles. The van der Waals surface area contributed by atoms with Crippen LogP contribution in [0.15, 0.2) is 133 Å². The first-order valence-corrected chi connectivity index (χ1v) is 29.2. The van der Waals surface area contributed by atoms with Crippen molar-refractivity contribution in [2.24, 2.45) is 0 Å². The maximum absolute atomic E-state index is 9.01. The topological polar surface area (TPSA) is 0 Å². The molecule has 0 aromatic heterocycles. The maximum atomic E-state index is 9.01.